The Balaban J connectivity index is 2.00. The van der Waals surface area contributed by atoms with Crippen molar-refractivity contribution in [1.29, 1.82) is 0 Å². The minimum Gasteiger partial charge on any atom is -0.293 e. The van der Waals surface area contributed by atoms with Gasteiger partial charge in [-0.3, -0.25) is 9.78 Å². The number of rotatable bonds is 2. The van der Waals surface area contributed by atoms with Crippen molar-refractivity contribution >= 4 is 21.7 Å². The summed E-state index contributed by atoms with van der Waals surface area (Å²) in [6, 6.07) is 11.7. The lowest BCUT2D eigenvalue weighted by Crippen LogP contribution is -2.20. The second kappa shape index (κ2) is 5.25. The Morgan fingerprint density at radius 2 is 2.05 bits per heavy atom. The fourth-order valence-electron chi connectivity index (χ4n) is 2.71. The molecule has 2 aromatic rings. The maximum absolute atomic E-state index is 12.7. The fourth-order valence-corrected chi connectivity index (χ4v) is 3.19. The van der Waals surface area contributed by atoms with Crippen molar-refractivity contribution in [3.8, 4) is 0 Å². The zero-order valence-corrected chi connectivity index (χ0v) is 12.1. The van der Waals surface area contributed by atoms with Gasteiger partial charge in [0.25, 0.3) is 0 Å². The Morgan fingerprint density at radius 3 is 2.89 bits per heavy atom. The molecule has 1 aliphatic rings. The van der Waals surface area contributed by atoms with Gasteiger partial charge in [-0.25, -0.2) is 0 Å². The van der Waals surface area contributed by atoms with Gasteiger partial charge >= 0.3 is 0 Å². The highest BCUT2D eigenvalue weighted by Gasteiger charge is 2.29. The van der Waals surface area contributed by atoms with Crippen LogP contribution in [0.15, 0.2) is 47.1 Å². The molecule has 96 valence electrons. The van der Waals surface area contributed by atoms with E-state index < -0.39 is 0 Å². The van der Waals surface area contributed by atoms with E-state index in [0.717, 1.165) is 35.0 Å². The molecule has 2 nitrogen and oxygen atoms in total. The summed E-state index contributed by atoms with van der Waals surface area (Å²) in [5.41, 5.74) is 2.94. The lowest BCUT2D eigenvalue weighted by atomic mass is 9.82. The first-order chi connectivity index (χ1) is 9.27. The van der Waals surface area contributed by atoms with Crippen molar-refractivity contribution in [2.75, 3.05) is 0 Å². The number of aromatic nitrogens is 1. The van der Waals surface area contributed by atoms with Crippen LogP contribution in [0.5, 0.6) is 0 Å². The highest BCUT2D eigenvalue weighted by Crippen LogP contribution is 2.33. The van der Waals surface area contributed by atoms with E-state index in [1.165, 1.54) is 5.56 Å². The number of hydrogen-bond donors (Lipinski definition) is 0. The van der Waals surface area contributed by atoms with E-state index in [-0.39, 0.29) is 11.7 Å². The van der Waals surface area contributed by atoms with Crippen LogP contribution >= 0.6 is 15.9 Å². The van der Waals surface area contributed by atoms with Crippen LogP contribution in [0.3, 0.4) is 0 Å². The summed E-state index contributed by atoms with van der Waals surface area (Å²) >= 11 is 3.46. The van der Waals surface area contributed by atoms with Gasteiger partial charge in [0.05, 0.1) is 11.6 Å². The van der Waals surface area contributed by atoms with E-state index in [4.69, 9.17) is 0 Å². The van der Waals surface area contributed by atoms with Crippen molar-refractivity contribution in [2.45, 2.75) is 25.2 Å². The summed E-state index contributed by atoms with van der Waals surface area (Å²) in [6.07, 6.45) is 4.76. The number of nitrogens with zero attached hydrogens (tertiary/aromatic N) is 1. The average molecular weight is 316 g/mol. The zero-order valence-electron chi connectivity index (χ0n) is 10.5. The molecule has 19 heavy (non-hydrogen) atoms. The first-order valence-corrected chi connectivity index (χ1v) is 7.29. The Hall–Kier alpha value is -1.48. The third kappa shape index (κ3) is 2.35. The number of aryl methyl sites for hydroxylation is 1. The van der Waals surface area contributed by atoms with Crippen LogP contribution < -0.4 is 0 Å². The average Bonchev–Trinajstić information content (AvgIpc) is 2.46. The number of fused-ring (bicyclic) bond motifs is 1. The number of halogens is 1. The second-order valence-corrected chi connectivity index (χ2v) is 5.69. The maximum atomic E-state index is 12.7. The van der Waals surface area contributed by atoms with Crippen LogP contribution in [-0.2, 0) is 6.42 Å². The van der Waals surface area contributed by atoms with Crippen molar-refractivity contribution < 1.29 is 4.79 Å². The van der Waals surface area contributed by atoms with Gasteiger partial charge in [-0.05, 0) is 37.0 Å². The molecule has 0 N–H and O–H groups in total. The lowest BCUT2D eigenvalue weighted by Gasteiger charge is -2.23. The van der Waals surface area contributed by atoms with Gasteiger partial charge in [-0.1, -0.05) is 40.2 Å². The van der Waals surface area contributed by atoms with E-state index in [1.807, 2.05) is 30.3 Å². The zero-order chi connectivity index (χ0) is 13.2. The molecule has 3 heteroatoms. The predicted octanol–water partition coefficient (Wildman–Crippen LogP) is 4.15. The fraction of sp³-hybridized carbons (Fsp3) is 0.250. The summed E-state index contributed by atoms with van der Waals surface area (Å²) in [5, 5.41) is 0. The van der Waals surface area contributed by atoms with Crippen LogP contribution in [0.2, 0.25) is 0 Å². The first kappa shape index (κ1) is 12.5. The monoisotopic (exact) mass is 315 g/mol. The van der Waals surface area contributed by atoms with Crippen molar-refractivity contribution in [1.82, 2.24) is 4.98 Å². The van der Waals surface area contributed by atoms with Crippen LogP contribution in [0, 0.1) is 0 Å². The van der Waals surface area contributed by atoms with Gasteiger partial charge < -0.3 is 0 Å². The molecule has 0 fully saturated rings. The predicted molar refractivity (Wildman–Crippen MR) is 78.4 cm³/mol. The molecule has 1 heterocycles. The van der Waals surface area contributed by atoms with Crippen LogP contribution in [0.25, 0.3) is 0 Å². The molecular weight excluding hydrogens is 302 g/mol. The molecule has 0 spiro atoms. The Kier molecular flexibility index (Phi) is 3.47. The quantitative estimate of drug-likeness (QED) is 0.779. The number of benzene rings is 1. The van der Waals surface area contributed by atoms with Gasteiger partial charge in [-0.2, -0.15) is 0 Å². The third-order valence-electron chi connectivity index (χ3n) is 3.65. The van der Waals surface area contributed by atoms with Crippen molar-refractivity contribution in [2.24, 2.45) is 0 Å². The van der Waals surface area contributed by atoms with Crippen molar-refractivity contribution in [3.63, 3.8) is 0 Å². The summed E-state index contributed by atoms with van der Waals surface area (Å²) in [5.74, 6) is 0.0794. The van der Waals surface area contributed by atoms with E-state index in [9.17, 15) is 4.79 Å². The third-order valence-corrected chi connectivity index (χ3v) is 4.34. The summed E-state index contributed by atoms with van der Waals surface area (Å²) in [4.78, 5) is 17.2. The normalized spacial score (nSPS) is 17.8. The molecule has 1 atom stereocenters. The molecule has 1 aromatic carbocycles. The van der Waals surface area contributed by atoms with Crippen LogP contribution in [-0.4, -0.2) is 10.8 Å². The molecule has 1 unspecified atom stereocenters. The SMILES string of the molecule is O=C(c1ccccc1Br)C1CCCc2cccnc21. The van der Waals surface area contributed by atoms with Crippen LogP contribution in [0.4, 0.5) is 0 Å². The number of carbonyl (C=O) groups excluding carboxylic acids is 1. The Bertz CT molecular complexity index is 624. The minimum atomic E-state index is -0.0938. The van der Waals surface area contributed by atoms with Gasteiger partial charge in [-0.15, -0.1) is 0 Å². The Labute approximate surface area is 121 Å². The summed E-state index contributed by atoms with van der Waals surface area (Å²) in [7, 11) is 0. The number of carbonyl (C=O) groups is 1. The molecular formula is C16H14BrNO. The Morgan fingerprint density at radius 1 is 1.21 bits per heavy atom. The molecule has 0 bridgehead atoms. The number of hydrogen-bond acceptors (Lipinski definition) is 2. The van der Waals surface area contributed by atoms with E-state index >= 15 is 0 Å². The number of Topliss-reactive ketones (excluding diaryl/α,β-unsaturated/α-hetero) is 1. The van der Waals surface area contributed by atoms with Gasteiger partial charge in [0.2, 0.25) is 0 Å². The van der Waals surface area contributed by atoms with Gasteiger partial charge in [0.1, 0.15) is 0 Å². The second-order valence-electron chi connectivity index (χ2n) is 4.84. The largest absolute Gasteiger partial charge is 0.293 e. The first-order valence-electron chi connectivity index (χ1n) is 6.50. The molecule has 0 saturated carbocycles. The summed E-state index contributed by atoms with van der Waals surface area (Å²) in [6.45, 7) is 0. The van der Waals surface area contributed by atoms with Crippen molar-refractivity contribution in [3.05, 3.63) is 63.9 Å². The molecule has 0 amide bonds. The smallest absolute Gasteiger partial charge is 0.173 e. The van der Waals surface area contributed by atoms with E-state index in [1.54, 1.807) is 6.20 Å². The van der Waals surface area contributed by atoms with Gasteiger partial charge in [0.15, 0.2) is 5.78 Å². The minimum absolute atomic E-state index is 0.0938. The standard InChI is InChI=1S/C16H14BrNO/c17-14-9-2-1-7-12(14)16(19)13-8-3-5-11-6-4-10-18-15(11)13/h1-2,4,6-7,9-10,13H,3,5,8H2. The molecule has 0 saturated heterocycles. The molecule has 3 rings (SSSR count). The van der Waals surface area contributed by atoms with E-state index in [2.05, 4.69) is 27.0 Å². The molecule has 0 radical (unpaired) electrons. The number of pyridine rings is 1. The number of ketones is 1. The topological polar surface area (TPSA) is 30.0 Å². The van der Waals surface area contributed by atoms with E-state index in [0.29, 0.717) is 0 Å². The highest BCUT2D eigenvalue weighted by molar-refractivity contribution is 9.10. The highest BCUT2D eigenvalue weighted by atomic mass is 79.9. The van der Waals surface area contributed by atoms with Gasteiger partial charge in [0, 0.05) is 16.2 Å². The molecule has 0 aliphatic heterocycles. The van der Waals surface area contributed by atoms with Crippen LogP contribution in [0.1, 0.15) is 40.4 Å². The lowest BCUT2D eigenvalue weighted by molar-refractivity contribution is 0.0948. The summed E-state index contributed by atoms with van der Waals surface area (Å²) < 4.78 is 0.864. The molecule has 1 aliphatic carbocycles. The maximum Gasteiger partial charge on any atom is 0.173 e. The molecule has 1 aromatic heterocycles.